The highest BCUT2D eigenvalue weighted by atomic mass is 16.5. The summed E-state index contributed by atoms with van der Waals surface area (Å²) in [6.07, 6.45) is 1.41. The van der Waals surface area contributed by atoms with E-state index in [9.17, 15) is 4.79 Å². The maximum absolute atomic E-state index is 12.0. The van der Waals surface area contributed by atoms with E-state index in [0.29, 0.717) is 30.9 Å². The van der Waals surface area contributed by atoms with Crippen LogP contribution in [0.25, 0.3) is 0 Å². The van der Waals surface area contributed by atoms with Gasteiger partial charge >= 0.3 is 0 Å². The highest BCUT2D eigenvalue weighted by Gasteiger charge is 2.22. The van der Waals surface area contributed by atoms with Crippen molar-refractivity contribution in [3.8, 4) is 5.75 Å². The summed E-state index contributed by atoms with van der Waals surface area (Å²) < 4.78 is 5.65. The molecule has 1 aliphatic heterocycles. The number of nitrogens with one attached hydrogen (secondary N) is 2. The van der Waals surface area contributed by atoms with Gasteiger partial charge in [0.15, 0.2) is 0 Å². The Bertz CT molecular complexity index is 470. The first kappa shape index (κ1) is 16.8. The van der Waals surface area contributed by atoms with Crippen LogP contribution in [0.15, 0.2) is 24.3 Å². The zero-order valence-electron chi connectivity index (χ0n) is 13.9. The lowest BCUT2D eigenvalue weighted by molar-refractivity contribution is -0.122. The molecule has 4 nitrogen and oxygen atoms in total. The molecule has 1 aliphatic rings. The number of hydrogen-bond donors (Lipinski definition) is 2. The van der Waals surface area contributed by atoms with Crippen LogP contribution in [-0.2, 0) is 4.79 Å². The first-order valence-corrected chi connectivity index (χ1v) is 8.29. The van der Waals surface area contributed by atoms with E-state index in [1.165, 1.54) is 5.56 Å². The minimum atomic E-state index is 0.0811. The maximum Gasteiger partial charge on any atom is 0.223 e. The van der Waals surface area contributed by atoms with Gasteiger partial charge in [0, 0.05) is 6.04 Å². The first-order valence-electron chi connectivity index (χ1n) is 8.29. The molecule has 0 aliphatic carbocycles. The number of hydrogen-bond acceptors (Lipinski definition) is 3. The summed E-state index contributed by atoms with van der Waals surface area (Å²) in [6.45, 7) is 8.89. The van der Waals surface area contributed by atoms with Crippen LogP contribution in [0.3, 0.4) is 0 Å². The van der Waals surface area contributed by atoms with Gasteiger partial charge in [-0.15, -0.1) is 0 Å². The summed E-state index contributed by atoms with van der Waals surface area (Å²) in [7, 11) is 0. The van der Waals surface area contributed by atoms with E-state index in [4.69, 9.17) is 4.74 Å². The molecule has 0 saturated carbocycles. The van der Waals surface area contributed by atoms with Crippen LogP contribution in [0.1, 0.15) is 45.1 Å². The summed E-state index contributed by atoms with van der Waals surface area (Å²) >= 11 is 0. The zero-order valence-corrected chi connectivity index (χ0v) is 13.9. The average Bonchev–Trinajstić information content (AvgIpc) is 2.50. The molecule has 22 heavy (non-hydrogen) atoms. The summed E-state index contributed by atoms with van der Waals surface area (Å²) in [5.41, 5.74) is 1.30. The Morgan fingerprint density at radius 3 is 2.73 bits per heavy atom. The van der Waals surface area contributed by atoms with E-state index in [-0.39, 0.29) is 5.91 Å². The van der Waals surface area contributed by atoms with E-state index >= 15 is 0 Å². The number of benzene rings is 1. The SMILES string of the molecule is CC(C)c1ccc(OCCC(=O)NC2CCNCC2C)cc1. The molecule has 2 N–H and O–H groups in total. The Labute approximate surface area is 133 Å². The summed E-state index contributed by atoms with van der Waals surface area (Å²) in [5.74, 6) is 1.92. The van der Waals surface area contributed by atoms with Gasteiger partial charge in [-0.25, -0.2) is 0 Å². The minimum Gasteiger partial charge on any atom is -0.493 e. The third kappa shape index (κ3) is 5.02. The fraction of sp³-hybridized carbons (Fsp3) is 0.611. The second-order valence-corrected chi connectivity index (χ2v) is 6.47. The van der Waals surface area contributed by atoms with E-state index in [1.54, 1.807) is 0 Å². The Hall–Kier alpha value is -1.55. The number of carbonyl (C=O) groups excluding carboxylic acids is 1. The molecule has 122 valence electrons. The number of ether oxygens (including phenoxy) is 1. The van der Waals surface area contributed by atoms with E-state index in [1.807, 2.05) is 12.1 Å². The maximum atomic E-state index is 12.0. The molecule has 1 aromatic carbocycles. The van der Waals surface area contributed by atoms with Gasteiger partial charge in [-0.3, -0.25) is 4.79 Å². The quantitative estimate of drug-likeness (QED) is 0.849. The molecule has 1 amide bonds. The smallest absolute Gasteiger partial charge is 0.223 e. The van der Waals surface area contributed by atoms with Gasteiger partial charge in [0.1, 0.15) is 5.75 Å². The van der Waals surface area contributed by atoms with Gasteiger partial charge in [0.2, 0.25) is 5.91 Å². The van der Waals surface area contributed by atoms with Crippen LogP contribution in [0.4, 0.5) is 0 Å². The highest BCUT2D eigenvalue weighted by Crippen LogP contribution is 2.18. The van der Waals surface area contributed by atoms with Crippen LogP contribution in [0, 0.1) is 5.92 Å². The van der Waals surface area contributed by atoms with Crippen molar-refractivity contribution in [2.24, 2.45) is 5.92 Å². The van der Waals surface area contributed by atoms with Crippen LogP contribution < -0.4 is 15.4 Å². The standard InChI is InChI=1S/C18H28N2O2/c1-13(2)15-4-6-16(7-5-15)22-11-9-18(21)20-17-8-10-19-12-14(17)3/h4-7,13-14,17,19H,8-12H2,1-3H3,(H,20,21). The van der Waals surface area contributed by atoms with Crippen molar-refractivity contribution in [3.05, 3.63) is 29.8 Å². The van der Waals surface area contributed by atoms with Gasteiger partial charge in [-0.1, -0.05) is 32.9 Å². The summed E-state index contributed by atoms with van der Waals surface area (Å²) in [5, 5.41) is 6.46. The van der Waals surface area contributed by atoms with Gasteiger partial charge in [0.05, 0.1) is 13.0 Å². The highest BCUT2D eigenvalue weighted by molar-refractivity contribution is 5.76. The van der Waals surface area contributed by atoms with Gasteiger partial charge in [-0.05, 0) is 49.0 Å². The molecule has 1 saturated heterocycles. The van der Waals surface area contributed by atoms with E-state index < -0.39 is 0 Å². The van der Waals surface area contributed by atoms with Crippen LogP contribution in [0.5, 0.6) is 5.75 Å². The predicted molar refractivity (Wildman–Crippen MR) is 89.2 cm³/mol. The molecular weight excluding hydrogens is 276 g/mol. The van der Waals surface area contributed by atoms with Crippen molar-refractivity contribution < 1.29 is 9.53 Å². The topological polar surface area (TPSA) is 50.4 Å². The predicted octanol–water partition coefficient (Wildman–Crippen LogP) is 2.69. The largest absolute Gasteiger partial charge is 0.493 e. The first-order chi connectivity index (χ1) is 10.6. The van der Waals surface area contributed by atoms with Crippen LogP contribution >= 0.6 is 0 Å². The summed E-state index contributed by atoms with van der Waals surface area (Å²) in [4.78, 5) is 12.0. The minimum absolute atomic E-state index is 0.0811. The fourth-order valence-corrected chi connectivity index (χ4v) is 2.72. The van der Waals surface area contributed by atoms with Crippen molar-refractivity contribution in [3.63, 3.8) is 0 Å². The van der Waals surface area contributed by atoms with E-state index in [0.717, 1.165) is 25.3 Å². The molecule has 2 unspecified atom stereocenters. The molecule has 2 atom stereocenters. The van der Waals surface area contributed by atoms with E-state index in [2.05, 4.69) is 43.5 Å². The molecule has 1 fully saturated rings. The molecule has 1 heterocycles. The second kappa shape index (κ2) is 8.18. The van der Waals surface area contributed by atoms with Crippen LogP contribution in [-0.4, -0.2) is 31.6 Å². The third-order valence-electron chi connectivity index (χ3n) is 4.28. The molecule has 4 heteroatoms. The second-order valence-electron chi connectivity index (χ2n) is 6.47. The number of carbonyl (C=O) groups is 1. The van der Waals surface area contributed by atoms with Gasteiger partial charge < -0.3 is 15.4 Å². The number of piperidine rings is 1. The Morgan fingerprint density at radius 2 is 2.09 bits per heavy atom. The lowest BCUT2D eigenvalue weighted by atomic mass is 9.95. The summed E-state index contributed by atoms with van der Waals surface area (Å²) in [6, 6.07) is 8.40. The molecule has 1 aromatic rings. The van der Waals surface area contributed by atoms with Crippen molar-refractivity contribution in [1.29, 1.82) is 0 Å². The van der Waals surface area contributed by atoms with Crippen molar-refractivity contribution in [2.75, 3.05) is 19.7 Å². The molecular formula is C18H28N2O2. The zero-order chi connectivity index (χ0) is 15.9. The molecule has 0 radical (unpaired) electrons. The monoisotopic (exact) mass is 304 g/mol. The number of amides is 1. The van der Waals surface area contributed by atoms with Gasteiger partial charge in [-0.2, -0.15) is 0 Å². The molecule has 0 spiro atoms. The Morgan fingerprint density at radius 1 is 1.36 bits per heavy atom. The van der Waals surface area contributed by atoms with Crippen molar-refractivity contribution in [1.82, 2.24) is 10.6 Å². The molecule has 0 aromatic heterocycles. The Kier molecular flexibility index (Phi) is 6.25. The molecule has 2 rings (SSSR count). The normalized spacial score (nSPS) is 21.6. The van der Waals surface area contributed by atoms with Gasteiger partial charge in [0.25, 0.3) is 0 Å². The Balaban J connectivity index is 1.70. The average molecular weight is 304 g/mol. The third-order valence-corrected chi connectivity index (χ3v) is 4.28. The lowest BCUT2D eigenvalue weighted by Crippen LogP contribution is -2.48. The number of rotatable bonds is 6. The van der Waals surface area contributed by atoms with Crippen molar-refractivity contribution >= 4 is 5.91 Å². The van der Waals surface area contributed by atoms with Crippen molar-refractivity contribution in [2.45, 2.75) is 45.6 Å². The lowest BCUT2D eigenvalue weighted by Gasteiger charge is -2.30. The van der Waals surface area contributed by atoms with Crippen LogP contribution in [0.2, 0.25) is 0 Å². The fourth-order valence-electron chi connectivity index (χ4n) is 2.72. The molecule has 0 bridgehead atoms.